The van der Waals surface area contributed by atoms with E-state index in [1.165, 1.54) is 64.2 Å². The molecule has 2 atom stereocenters. The Morgan fingerprint density at radius 2 is 1.39 bits per heavy atom. The summed E-state index contributed by atoms with van der Waals surface area (Å²) in [7, 11) is 0. The predicted molar refractivity (Wildman–Crippen MR) is 74.9 cm³/mol. The van der Waals surface area contributed by atoms with E-state index in [1.807, 2.05) is 0 Å². The maximum absolute atomic E-state index is 5.85. The predicted octanol–water partition coefficient (Wildman–Crippen LogP) is 4.47. The lowest BCUT2D eigenvalue weighted by molar-refractivity contribution is 0.110. The van der Waals surface area contributed by atoms with Crippen LogP contribution in [0.2, 0.25) is 0 Å². The van der Waals surface area contributed by atoms with Crippen molar-refractivity contribution < 1.29 is 9.47 Å². The van der Waals surface area contributed by atoms with Crippen molar-refractivity contribution in [3.8, 4) is 0 Å². The van der Waals surface area contributed by atoms with Crippen molar-refractivity contribution in [2.24, 2.45) is 0 Å². The lowest BCUT2D eigenvalue weighted by Crippen LogP contribution is -2.14. The first kappa shape index (κ1) is 14.3. The summed E-state index contributed by atoms with van der Waals surface area (Å²) in [5.74, 6) is 0. The third-order valence-corrected chi connectivity index (χ3v) is 4.53. The molecular formula is C16H30O2. The lowest BCUT2D eigenvalue weighted by atomic mass is 9.99. The zero-order valence-electron chi connectivity index (χ0n) is 12.1. The average Bonchev–Trinajstić information content (AvgIpc) is 2.99. The van der Waals surface area contributed by atoms with Gasteiger partial charge in [-0.15, -0.1) is 0 Å². The molecule has 0 bridgehead atoms. The summed E-state index contributed by atoms with van der Waals surface area (Å²) in [4.78, 5) is 0. The molecule has 2 heteroatoms. The molecule has 106 valence electrons. The molecule has 2 rings (SSSR count). The van der Waals surface area contributed by atoms with Gasteiger partial charge >= 0.3 is 0 Å². The fraction of sp³-hybridized carbons (Fsp3) is 1.00. The van der Waals surface area contributed by atoms with Crippen molar-refractivity contribution >= 4 is 0 Å². The Balaban J connectivity index is 1.65. The van der Waals surface area contributed by atoms with Gasteiger partial charge in [-0.3, -0.25) is 0 Å². The van der Waals surface area contributed by atoms with Gasteiger partial charge in [-0.2, -0.15) is 0 Å². The standard InChI is InChI=1S/C16H30O2/c1-16-12-14-17-13-10-8-6-4-2-3-5-7-9-11-15(16)18-16/h15H,2-14H2,1H3. The second-order valence-electron chi connectivity index (χ2n) is 6.25. The van der Waals surface area contributed by atoms with Crippen LogP contribution in [0.5, 0.6) is 0 Å². The number of hydrogen-bond donors (Lipinski definition) is 0. The van der Waals surface area contributed by atoms with Gasteiger partial charge in [0.2, 0.25) is 0 Å². The molecule has 2 unspecified atom stereocenters. The molecule has 0 radical (unpaired) electrons. The van der Waals surface area contributed by atoms with Gasteiger partial charge in [0, 0.05) is 19.6 Å². The van der Waals surface area contributed by atoms with Crippen LogP contribution in [0.15, 0.2) is 0 Å². The molecule has 2 aliphatic rings. The molecular weight excluding hydrogens is 224 g/mol. The van der Waals surface area contributed by atoms with E-state index in [0.29, 0.717) is 6.10 Å². The highest BCUT2D eigenvalue weighted by atomic mass is 16.6. The van der Waals surface area contributed by atoms with Crippen molar-refractivity contribution in [3.63, 3.8) is 0 Å². The summed E-state index contributed by atoms with van der Waals surface area (Å²) in [6.45, 7) is 4.08. The van der Waals surface area contributed by atoms with Gasteiger partial charge in [-0.25, -0.2) is 0 Å². The zero-order valence-corrected chi connectivity index (χ0v) is 12.1. The van der Waals surface area contributed by atoms with Gasteiger partial charge in [0.1, 0.15) is 0 Å². The molecule has 2 heterocycles. The smallest absolute Gasteiger partial charge is 0.0942 e. The van der Waals surface area contributed by atoms with E-state index in [-0.39, 0.29) is 5.60 Å². The van der Waals surface area contributed by atoms with Gasteiger partial charge < -0.3 is 9.47 Å². The maximum Gasteiger partial charge on any atom is 0.0942 e. The molecule has 2 nitrogen and oxygen atoms in total. The quantitative estimate of drug-likeness (QED) is 0.595. The number of fused-ring (bicyclic) bond motifs is 1. The third kappa shape index (κ3) is 4.89. The summed E-state index contributed by atoms with van der Waals surface area (Å²) in [5, 5.41) is 0. The molecule has 0 amide bonds. The maximum atomic E-state index is 5.85. The van der Waals surface area contributed by atoms with Gasteiger partial charge in [0.25, 0.3) is 0 Å². The van der Waals surface area contributed by atoms with Crippen LogP contribution in [0, 0.1) is 0 Å². The Bertz CT molecular complexity index is 229. The molecule has 0 N–H and O–H groups in total. The van der Waals surface area contributed by atoms with Gasteiger partial charge in [0.15, 0.2) is 0 Å². The largest absolute Gasteiger partial charge is 0.381 e. The topological polar surface area (TPSA) is 21.8 Å². The molecule has 0 aromatic carbocycles. The van der Waals surface area contributed by atoms with E-state index in [2.05, 4.69) is 6.92 Å². The van der Waals surface area contributed by atoms with E-state index in [4.69, 9.17) is 9.47 Å². The van der Waals surface area contributed by atoms with Crippen LogP contribution in [0.1, 0.15) is 77.6 Å². The van der Waals surface area contributed by atoms with E-state index in [0.717, 1.165) is 19.6 Å². The van der Waals surface area contributed by atoms with Crippen LogP contribution in [0.25, 0.3) is 0 Å². The Morgan fingerprint density at radius 3 is 2.11 bits per heavy atom. The number of hydrogen-bond acceptors (Lipinski definition) is 2. The third-order valence-electron chi connectivity index (χ3n) is 4.53. The molecule has 0 aromatic heterocycles. The second-order valence-corrected chi connectivity index (χ2v) is 6.25. The summed E-state index contributed by atoms with van der Waals surface area (Å²) >= 11 is 0. The first-order valence-electron chi connectivity index (χ1n) is 8.07. The minimum atomic E-state index is 0.150. The molecule has 0 spiro atoms. The van der Waals surface area contributed by atoms with Crippen molar-refractivity contribution in [1.82, 2.24) is 0 Å². The summed E-state index contributed by atoms with van der Waals surface area (Å²) < 4.78 is 11.6. The van der Waals surface area contributed by atoms with Crippen LogP contribution in [-0.2, 0) is 9.47 Å². The van der Waals surface area contributed by atoms with Crippen molar-refractivity contribution in [1.29, 1.82) is 0 Å². The monoisotopic (exact) mass is 254 g/mol. The minimum absolute atomic E-state index is 0.150. The van der Waals surface area contributed by atoms with Gasteiger partial charge in [0.05, 0.1) is 11.7 Å². The van der Waals surface area contributed by atoms with Crippen LogP contribution in [0.4, 0.5) is 0 Å². The van der Waals surface area contributed by atoms with E-state index in [1.54, 1.807) is 0 Å². The summed E-state index contributed by atoms with van der Waals surface area (Å²) in [6.07, 6.45) is 15.3. The SMILES string of the molecule is CC12CCOCCCCCCCCCCCC1O2. The van der Waals surface area contributed by atoms with Crippen molar-refractivity contribution in [2.45, 2.75) is 89.3 Å². The molecule has 2 aliphatic heterocycles. The van der Waals surface area contributed by atoms with E-state index in [9.17, 15) is 0 Å². The van der Waals surface area contributed by atoms with Crippen LogP contribution < -0.4 is 0 Å². The second kappa shape index (κ2) is 7.49. The van der Waals surface area contributed by atoms with Crippen molar-refractivity contribution in [2.75, 3.05) is 13.2 Å². The molecule has 2 saturated heterocycles. The van der Waals surface area contributed by atoms with Gasteiger partial charge in [-0.1, -0.05) is 51.4 Å². The first-order chi connectivity index (χ1) is 8.81. The fourth-order valence-corrected chi connectivity index (χ4v) is 3.02. The number of ether oxygens (including phenoxy) is 2. The Morgan fingerprint density at radius 1 is 0.778 bits per heavy atom. The minimum Gasteiger partial charge on any atom is -0.381 e. The lowest BCUT2D eigenvalue weighted by Gasteiger charge is -2.09. The van der Waals surface area contributed by atoms with Crippen LogP contribution in [0.3, 0.4) is 0 Å². The molecule has 2 fully saturated rings. The fourth-order valence-electron chi connectivity index (χ4n) is 3.02. The summed E-state index contributed by atoms with van der Waals surface area (Å²) in [6, 6.07) is 0. The summed E-state index contributed by atoms with van der Waals surface area (Å²) in [5.41, 5.74) is 0.150. The molecule has 0 aromatic rings. The van der Waals surface area contributed by atoms with Crippen molar-refractivity contribution in [3.05, 3.63) is 0 Å². The Kier molecular flexibility index (Phi) is 5.97. The number of epoxide rings is 1. The van der Waals surface area contributed by atoms with E-state index < -0.39 is 0 Å². The first-order valence-corrected chi connectivity index (χ1v) is 8.07. The normalized spacial score (nSPS) is 36.8. The zero-order chi connectivity index (χ0) is 12.7. The Labute approximate surface area is 112 Å². The van der Waals surface area contributed by atoms with Gasteiger partial charge in [-0.05, 0) is 19.8 Å². The number of rotatable bonds is 0. The molecule has 0 saturated carbocycles. The molecule has 18 heavy (non-hydrogen) atoms. The van der Waals surface area contributed by atoms with Crippen LogP contribution in [-0.4, -0.2) is 24.9 Å². The highest BCUT2D eigenvalue weighted by molar-refractivity contribution is 4.98. The highest BCUT2D eigenvalue weighted by Crippen LogP contribution is 2.42. The van der Waals surface area contributed by atoms with Crippen LogP contribution >= 0.6 is 0 Å². The highest BCUT2D eigenvalue weighted by Gasteiger charge is 2.50. The Hall–Kier alpha value is -0.0800. The average molecular weight is 254 g/mol. The van der Waals surface area contributed by atoms with E-state index >= 15 is 0 Å². The molecule has 0 aliphatic carbocycles.